The number of benzene rings is 1. The molecule has 1 saturated carbocycles. The Morgan fingerprint density at radius 3 is 2.28 bits per heavy atom. The summed E-state index contributed by atoms with van der Waals surface area (Å²) < 4.78 is 13.5. The Bertz CT molecular complexity index is 474. The van der Waals surface area contributed by atoms with Crippen molar-refractivity contribution >= 4 is 5.91 Å². The van der Waals surface area contributed by atoms with E-state index in [0.29, 0.717) is 0 Å². The van der Waals surface area contributed by atoms with Gasteiger partial charge in [0.25, 0.3) is 5.91 Å². The first-order valence-electron chi connectivity index (χ1n) is 5.98. The summed E-state index contributed by atoms with van der Waals surface area (Å²) >= 11 is 0. The van der Waals surface area contributed by atoms with E-state index < -0.39 is 11.7 Å². The van der Waals surface area contributed by atoms with Crippen LogP contribution in [0.2, 0.25) is 0 Å². The lowest BCUT2D eigenvalue weighted by Gasteiger charge is -2.09. The zero-order chi connectivity index (χ0) is 13.7. The van der Waals surface area contributed by atoms with Crippen molar-refractivity contribution in [2.75, 3.05) is 0 Å². The number of hydrogen-bond donors (Lipinski definition) is 2. The number of carbonyl (C=O) groups excluding carboxylic acids is 1. The summed E-state index contributed by atoms with van der Waals surface area (Å²) in [6.45, 7) is 8.22. The van der Waals surface area contributed by atoms with E-state index in [1.165, 1.54) is 12.1 Å². The molecule has 1 aliphatic rings. The fraction of sp³-hybridized carbons (Fsp3) is 0.500. The highest BCUT2D eigenvalue weighted by molar-refractivity contribution is 5.97. The standard InChI is InChI=1S/C14H18FNO2/c1-13(2)12(14(13,3)4)16-11(18)10-8(15)6-5-7-9(10)17/h5-7,12,17H,1-4H3,(H,16,18). The van der Waals surface area contributed by atoms with Crippen LogP contribution in [0.3, 0.4) is 0 Å². The van der Waals surface area contributed by atoms with Crippen molar-refractivity contribution in [1.82, 2.24) is 5.32 Å². The van der Waals surface area contributed by atoms with Gasteiger partial charge in [0, 0.05) is 6.04 Å². The Hall–Kier alpha value is -1.58. The monoisotopic (exact) mass is 251 g/mol. The predicted molar refractivity (Wildman–Crippen MR) is 66.9 cm³/mol. The number of hydrogen-bond acceptors (Lipinski definition) is 2. The van der Waals surface area contributed by atoms with E-state index in [2.05, 4.69) is 33.0 Å². The molecule has 2 rings (SSSR count). The molecule has 0 aromatic heterocycles. The van der Waals surface area contributed by atoms with Crippen molar-refractivity contribution in [3.05, 3.63) is 29.6 Å². The molecule has 1 aromatic rings. The number of phenols is 1. The Morgan fingerprint density at radius 1 is 1.28 bits per heavy atom. The molecular formula is C14H18FNO2. The summed E-state index contributed by atoms with van der Waals surface area (Å²) in [6, 6.07) is 3.82. The summed E-state index contributed by atoms with van der Waals surface area (Å²) in [6.07, 6.45) is 0. The van der Waals surface area contributed by atoms with Gasteiger partial charge in [0.2, 0.25) is 0 Å². The van der Waals surface area contributed by atoms with Crippen molar-refractivity contribution in [1.29, 1.82) is 0 Å². The SMILES string of the molecule is CC1(C)C(NC(=O)c2c(O)cccc2F)C1(C)C. The van der Waals surface area contributed by atoms with Gasteiger partial charge in [-0.05, 0) is 23.0 Å². The fourth-order valence-corrected chi connectivity index (χ4v) is 2.50. The molecule has 0 radical (unpaired) electrons. The van der Waals surface area contributed by atoms with Gasteiger partial charge in [-0.3, -0.25) is 4.79 Å². The molecule has 0 unspecified atom stereocenters. The minimum Gasteiger partial charge on any atom is -0.507 e. The quantitative estimate of drug-likeness (QED) is 0.849. The molecule has 3 nitrogen and oxygen atoms in total. The molecule has 2 N–H and O–H groups in total. The molecule has 0 spiro atoms. The van der Waals surface area contributed by atoms with E-state index in [0.717, 1.165) is 6.07 Å². The average Bonchev–Trinajstić information content (AvgIpc) is 2.60. The van der Waals surface area contributed by atoms with E-state index in [9.17, 15) is 14.3 Å². The van der Waals surface area contributed by atoms with Crippen LogP contribution in [0.15, 0.2) is 18.2 Å². The molecule has 0 atom stereocenters. The van der Waals surface area contributed by atoms with E-state index in [4.69, 9.17) is 0 Å². The third kappa shape index (κ3) is 1.67. The number of phenolic OH excluding ortho intramolecular Hbond substituents is 1. The second-order valence-corrected chi connectivity index (χ2v) is 5.98. The lowest BCUT2D eigenvalue weighted by atomic mass is 10.0. The second-order valence-electron chi connectivity index (χ2n) is 5.98. The van der Waals surface area contributed by atoms with Gasteiger partial charge in [-0.15, -0.1) is 0 Å². The van der Waals surface area contributed by atoms with Crippen LogP contribution in [0.25, 0.3) is 0 Å². The summed E-state index contributed by atoms with van der Waals surface area (Å²) in [5.74, 6) is -1.60. The van der Waals surface area contributed by atoms with Crippen LogP contribution in [0.5, 0.6) is 5.75 Å². The number of rotatable bonds is 2. The number of amides is 1. The van der Waals surface area contributed by atoms with Crippen molar-refractivity contribution in [3.63, 3.8) is 0 Å². The highest BCUT2D eigenvalue weighted by Gasteiger charge is 2.65. The van der Waals surface area contributed by atoms with Gasteiger partial charge in [-0.2, -0.15) is 0 Å². The molecule has 1 amide bonds. The number of aromatic hydroxyl groups is 1. The third-order valence-corrected chi connectivity index (χ3v) is 4.51. The fourth-order valence-electron chi connectivity index (χ4n) is 2.50. The highest BCUT2D eigenvalue weighted by Crippen LogP contribution is 2.62. The van der Waals surface area contributed by atoms with Crippen LogP contribution in [0.4, 0.5) is 4.39 Å². The zero-order valence-electron chi connectivity index (χ0n) is 11.0. The summed E-state index contributed by atoms with van der Waals surface area (Å²) in [5, 5.41) is 12.3. The van der Waals surface area contributed by atoms with Gasteiger partial charge in [0.05, 0.1) is 0 Å². The van der Waals surface area contributed by atoms with Gasteiger partial charge in [0.1, 0.15) is 17.1 Å². The van der Waals surface area contributed by atoms with E-state index in [1.54, 1.807) is 0 Å². The van der Waals surface area contributed by atoms with Crippen LogP contribution in [-0.4, -0.2) is 17.1 Å². The van der Waals surface area contributed by atoms with Gasteiger partial charge in [-0.25, -0.2) is 4.39 Å². The Kier molecular flexibility index (Phi) is 2.65. The highest BCUT2D eigenvalue weighted by atomic mass is 19.1. The van der Waals surface area contributed by atoms with Crippen LogP contribution >= 0.6 is 0 Å². The Balaban J connectivity index is 2.20. The molecule has 0 heterocycles. The first kappa shape index (κ1) is 12.9. The lowest BCUT2D eigenvalue weighted by Crippen LogP contribution is -2.30. The zero-order valence-corrected chi connectivity index (χ0v) is 11.0. The average molecular weight is 251 g/mol. The van der Waals surface area contributed by atoms with Gasteiger partial charge in [0.15, 0.2) is 0 Å². The maximum absolute atomic E-state index is 13.5. The molecule has 0 saturated heterocycles. The first-order valence-corrected chi connectivity index (χ1v) is 5.98. The maximum atomic E-state index is 13.5. The third-order valence-electron chi connectivity index (χ3n) is 4.51. The molecular weight excluding hydrogens is 233 g/mol. The molecule has 0 aliphatic heterocycles. The van der Waals surface area contributed by atoms with E-state index in [-0.39, 0.29) is 28.2 Å². The minimum absolute atomic E-state index is 0.0171. The van der Waals surface area contributed by atoms with Crippen molar-refractivity contribution < 1.29 is 14.3 Å². The largest absolute Gasteiger partial charge is 0.507 e. The van der Waals surface area contributed by atoms with Gasteiger partial charge < -0.3 is 10.4 Å². The lowest BCUT2D eigenvalue weighted by molar-refractivity contribution is 0.0936. The van der Waals surface area contributed by atoms with E-state index >= 15 is 0 Å². The van der Waals surface area contributed by atoms with Crippen LogP contribution in [-0.2, 0) is 0 Å². The van der Waals surface area contributed by atoms with Gasteiger partial charge in [-0.1, -0.05) is 33.8 Å². The molecule has 98 valence electrons. The topological polar surface area (TPSA) is 49.3 Å². The number of halogens is 1. The summed E-state index contributed by atoms with van der Waals surface area (Å²) in [7, 11) is 0. The first-order chi connectivity index (χ1) is 8.19. The normalized spacial score (nSPS) is 20.5. The molecule has 1 aromatic carbocycles. The number of carbonyl (C=O) groups is 1. The molecule has 0 bridgehead atoms. The molecule has 1 aliphatic carbocycles. The van der Waals surface area contributed by atoms with Crippen molar-refractivity contribution in [2.45, 2.75) is 33.7 Å². The maximum Gasteiger partial charge on any atom is 0.258 e. The van der Waals surface area contributed by atoms with Crippen LogP contribution in [0, 0.1) is 16.6 Å². The van der Waals surface area contributed by atoms with Crippen molar-refractivity contribution in [3.8, 4) is 5.75 Å². The second kappa shape index (κ2) is 3.70. The Morgan fingerprint density at radius 2 is 1.83 bits per heavy atom. The smallest absolute Gasteiger partial charge is 0.258 e. The summed E-state index contributed by atoms with van der Waals surface area (Å²) in [4.78, 5) is 12.0. The van der Waals surface area contributed by atoms with Gasteiger partial charge >= 0.3 is 0 Å². The number of nitrogens with one attached hydrogen (secondary N) is 1. The molecule has 18 heavy (non-hydrogen) atoms. The summed E-state index contributed by atoms with van der Waals surface area (Å²) in [5.41, 5.74) is -0.330. The Labute approximate surface area is 106 Å². The molecule has 4 heteroatoms. The van der Waals surface area contributed by atoms with Crippen LogP contribution < -0.4 is 5.32 Å². The molecule has 1 fully saturated rings. The van der Waals surface area contributed by atoms with Crippen LogP contribution in [0.1, 0.15) is 38.1 Å². The predicted octanol–water partition coefficient (Wildman–Crippen LogP) is 2.70. The van der Waals surface area contributed by atoms with Crippen molar-refractivity contribution in [2.24, 2.45) is 10.8 Å². The minimum atomic E-state index is -0.705. The van der Waals surface area contributed by atoms with E-state index in [1.807, 2.05) is 0 Å².